The smallest absolute Gasteiger partial charge is 0.344 e. The number of aromatic nitrogens is 2. The van der Waals surface area contributed by atoms with Crippen molar-refractivity contribution in [3.8, 4) is 11.4 Å². The third-order valence-corrected chi connectivity index (χ3v) is 5.66. The lowest BCUT2D eigenvalue weighted by molar-refractivity contribution is 0.455. The van der Waals surface area contributed by atoms with Crippen molar-refractivity contribution in [2.75, 3.05) is 0 Å². The van der Waals surface area contributed by atoms with Crippen LogP contribution in [-0.4, -0.2) is 14.9 Å². The van der Waals surface area contributed by atoms with E-state index in [1.807, 2.05) is 60.7 Å². The maximum Gasteiger partial charge on any atom is 0.344 e. The minimum absolute atomic E-state index is 0.0364. The number of aromatic hydroxyl groups is 1. The van der Waals surface area contributed by atoms with Gasteiger partial charge in [0.2, 0.25) is 0 Å². The summed E-state index contributed by atoms with van der Waals surface area (Å²) in [5, 5.41) is 14.7. The normalized spacial score (nSPS) is 12.2. The monoisotopic (exact) mass is 424 g/mol. The average Bonchev–Trinajstić information content (AvgIpc) is 3.11. The number of rotatable bonds is 4. The summed E-state index contributed by atoms with van der Waals surface area (Å²) < 4.78 is 6.98. The molecule has 0 aliphatic rings. The summed E-state index contributed by atoms with van der Waals surface area (Å²) in [5.74, 6) is -0.997. The second-order valence-corrected chi connectivity index (χ2v) is 7.62. The average molecular weight is 424 g/mol. The van der Waals surface area contributed by atoms with Crippen LogP contribution < -0.4 is 11.2 Å². The molecular formula is C26H20N2O4. The SMILES string of the molecule is Cc1[nH]n(-c2ccccc2)c(=O)c1C(c1ccccc1)c1c(O)c2ccccc2oc1=O. The minimum Gasteiger partial charge on any atom is -0.507 e. The van der Waals surface area contributed by atoms with Crippen LogP contribution in [0.4, 0.5) is 0 Å². The summed E-state index contributed by atoms with van der Waals surface area (Å²) >= 11 is 0. The summed E-state index contributed by atoms with van der Waals surface area (Å²) in [4.78, 5) is 26.7. The highest BCUT2D eigenvalue weighted by Crippen LogP contribution is 2.38. The largest absolute Gasteiger partial charge is 0.507 e. The van der Waals surface area contributed by atoms with Gasteiger partial charge < -0.3 is 9.52 Å². The third kappa shape index (κ3) is 3.13. The van der Waals surface area contributed by atoms with Crippen molar-refractivity contribution in [2.45, 2.75) is 12.8 Å². The Bertz CT molecular complexity index is 1530. The van der Waals surface area contributed by atoms with Gasteiger partial charge >= 0.3 is 5.63 Å². The molecule has 0 aliphatic heterocycles. The van der Waals surface area contributed by atoms with Crippen LogP contribution in [0.3, 0.4) is 0 Å². The molecule has 1 atom stereocenters. The standard InChI is InChI=1S/C26H20N2O4/c1-16-21(25(30)28(27-16)18-12-6-3-7-13-18)22(17-10-4-2-5-11-17)23-24(29)19-14-8-9-15-20(19)32-26(23)31/h2-15,22,27,29H,1H3. The molecule has 1 unspecified atom stereocenters. The first-order valence-electron chi connectivity index (χ1n) is 10.2. The van der Waals surface area contributed by atoms with Gasteiger partial charge in [0, 0.05) is 5.69 Å². The molecule has 32 heavy (non-hydrogen) atoms. The third-order valence-electron chi connectivity index (χ3n) is 5.66. The molecular weight excluding hydrogens is 404 g/mol. The molecule has 2 heterocycles. The number of H-pyrrole nitrogens is 1. The summed E-state index contributed by atoms with van der Waals surface area (Å²) in [7, 11) is 0. The lowest BCUT2D eigenvalue weighted by atomic mass is 9.85. The molecule has 6 nitrogen and oxygen atoms in total. The number of benzene rings is 3. The molecule has 0 radical (unpaired) electrons. The highest BCUT2D eigenvalue weighted by molar-refractivity contribution is 5.84. The van der Waals surface area contributed by atoms with Crippen LogP contribution in [-0.2, 0) is 0 Å². The Morgan fingerprint density at radius 2 is 1.47 bits per heavy atom. The lowest BCUT2D eigenvalue weighted by Gasteiger charge is -2.18. The molecule has 3 aromatic carbocycles. The van der Waals surface area contributed by atoms with Crippen molar-refractivity contribution in [3.05, 3.63) is 128 Å². The Kier molecular flexibility index (Phi) is 4.75. The first-order chi connectivity index (χ1) is 15.6. The van der Waals surface area contributed by atoms with Crippen molar-refractivity contribution in [1.29, 1.82) is 0 Å². The van der Waals surface area contributed by atoms with Gasteiger partial charge in [-0.15, -0.1) is 0 Å². The molecule has 5 rings (SSSR count). The fourth-order valence-corrected chi connectivity index (χ4v) is 4.18. The molecule has 0 fully saturated rings. The fraction of sp³-hybridized carbons (Fsp3) is 0.0769. The van der Waals surface area contributed by atoms with Crippen LogP contribution in [0.15, 0.2) is 98.9 Å². The van der Waals surface area contributed by atoms with Gasteiger partial charge in [0.1, 0.15) is 11.3 Å². The predicted octanol–water partition coefficient (Wildman–Crippen LogP) is 4.47. The van der Waals surface area contributed by atoms with Crippen LogP contribution in [0.2, 0.25) is 0 Å². The topological polar surface area (TPSA) is 88.2 Å². The van der Waals surface area contributed by atoms with Gasteiger partial charge in [-0.3, -0.25) is 9.89 Å². The van der Waals surface area contributed by atoms with Crippen LogP contribution in [0, 0.1) is 6.92 Å². The Labute approximate surface area is 183 Å². The number of hydrogen-bond acceptors (Lipinski definition) is 4. The number of hydrogen-bond donors (Lipinski definition) is 2. The molecule has 0 saturated heterocycles. The van der Waals surface area contributed by atoms with Crippen LogP contribution in [0.25, 0.3) is 16.7 Å². The van der Waals surface area contributed by atoms with Crippen molar-refractivity contribution in [3.63, 3.8) is 0 Å². The molecule has 0 spiro atoms. The van der Waals surface area contributed by atoms with Gasteiger partial charge in [-0.1, -0.05) is 60.7 Å². The van der Waals surface area contributed by atoms with Gasteiger partial charge in [-0.25, -0.2) is 9.48 Å². The van der Waals surface area contributed by atoms with E-state index in [-0.39, 0.29) is 22.5 Å². The molecule has 5 aromatic rings. The highest BCUT2D eigenvalue weighted by Gasteiger charge is 2.31. The number of nitrogens with one attached hydrogen (secondary N) is 1. The van der Waals surface area contributed by atoms with Crippen molar-refractivity contribution in [2.24, 2.45) is 0 Å². The maximum absolute atomic E-state index is 13.6. The number of fused-ring (bicyclic) bond motifs is 1. The number of nitrogens with zero attached hydrogens (tertiary/aromatic N) is 1. The predicted molar refractivity (Wildman–Crippen MR) is 123 cm³/mol. The Morgan fingerprint density at radius 1 is 0.844 bits per heavy atom. The van der Waals surface area contributed by atoms with E-state index in [0.717, 1.165) is 0 Å². The second kappa shape index (κ2) is 7.74. The number of aryl methyl sites for hydroxylation is 1. The first kappa shape index (κ1) is 19.6. The molecule has 2 aromatic heterocycles. The number of aromatic amines is 1. The molecule has 158 valence electrons. The van der Waals surface area contributed by atoms with E-state index in [4.69, 9.17) is 4.42 Å². The fourth-order valence-electron chi connectivity index (χ4n) is 4.18. The van der Waals surface area contributed by atoms with Crippen molar-refractivity contribution in [1.82, 2.24) is 9.78 Å². The molecule has 0 saturated carbocycles. The van der Waals surface area contributed by atoms with E-state index < -0.39 is 11.5 Å². The van der Waals surface area contributed by atoms with E-state index in [1.165, 1.54) is 4.68 Å². The van der Waals surface area contributed by atoms with Gasteiger partial charge in [0.15, 0.2) is 0 Å². The maximum atomic E-state index is 13.6. The highest BCUT2D eigenvalue weighted by atomic mass is 16.4. The van der Waals surface area contributed by atoms with E-state index in [9.17, 15) is 14.7 Å². The van der Waals surface area contributed by atoms with Crippen molar-refractivity contribution < 1.29 is 9.52 Å². The summed E-state index contributed by atoms with van der Waals surface area (Å²) in [6.45, 7) is 1.78. The Hall–Kier alpha value is -4.32. The van der Waals surface area contributed by atoms with Gasteiger partial charge in [-0.05, 0) is 36.8 Å². The Balaban J connectivity index is 1.83. The zero-order chi connectivity index (χ0) is 22.2. The quantitative estimate of drug-likeness (QED) is 0.417. The Morgan fingerprint density at radius 3 is 2.19 bits per heavy atom. The number of para-hydroxylation sites is 2. The zero-order valence-electron chi connectivity index (χ0n) is 17.3. The summed E-state index contributed by atoms with van der Waals surface area (Å²) in [6, 6.07) is 25.2. The van der Waals surface area contributed by atoms with E-state index in [1.54, 1.807) is 31.2 Å². The van der Waals surface area contributed by atoms with E-state index in [0.29, 0.717) is 27.9 Å². The van der Waals surface area contributed by atoms with Crippen LogP contribution in [0.5, 0.6) is 5.75 Å². The minimum atomic E-state index is -0.814. The van der Waals surface area contributed by atoms with E-state index >= 15 is 0 Å². The zero-order valence-corrected chi connectivity index (χ0v) is 17.3. The second-order valence-electron chi connectivity index (χ2n) is 7.62. The van der Waals surface area contributed by atoms with Crippen LogP contribution in [0.1, 0.15) is 28.3 Å². The van der Waals surface area contributed by atoms with E-state index in [2.05, 4.69) is 5.10 Å². The van der Waals surface area contributed by atoms with Crippen LogP contribution >= 0.6 is 0 Å². The summed E-state index contributed by atoms with van der Waals surface area (Å²) in [5.41, 5.74) is 1.69. The van der Waals surface area contributed by atoms with Gasteiger partial charge in [0.25, 0.3) is 5.56 Å². The van der Waals surface area contributed by atoms with Gasteiger partial charge in [-0.2, -0.15) is 0 Å². The molecule has 2 N–H and O–H groups in total. The molecule has 0 aliphatic carbocycles. The summed E-state index contributed by atoms with van der Waals surface area (Å²) in [6.07, 6.45) is 0. The lowest BCUT2D eigenvalue weighted by Crippen LogP contribution is -2.23. The van der Waals surface area contributed by atoms with Gasteiger partial charge in [0.05, 0.1) is 28.1 Å². The molecule has 0 amide bonds. The molecule has 0 bridgehead atoms. The van der Waals surface area contributed by atoms with Crippen molar-refractivity contribution >= 4 is 11.0 Å². The molecule has 6 heteroatoms. The first-order valence-corrected chi connectivity index (χ1v) is 10.2.